The van der Waals surface area contributed by atoms with Crippen LogP contribution in [0.3, 0.4) is 0 Å². The summed E-state index contributed by atoms with van der Waals surface area (Å²) in [6.07, 6.45) is 4.08. The second kappa shape index (κ2) is 6.36. The lowest BCUT2D eigenvalue weighted by molar-refractivity contribution is 0.133. The van der Waals surface area contributed by atoms with Gasteiger partial charge < -0.3 is 15.1 Å². The maximum absolute atomic E-state index is 3.93. The van der Waals surface area contributed by atoms with E-state index in [-0.39, 0.29) is 0 Å². The normalized spacial score (nSPS) is 37.7. The topological polar surface area (TPSA) is 18.5 Å². The Labute approximate surface area is 113 Å². The van der Waals surface area contributed by atoms with E-state index in [1.807, 2.05) is 0 Å². The van der Waals surface area contributed by atoms with E-state index in [0.717, 1.165) is 17.9 Å². The second-order valence-corrected chi connectivity index (χ2v) is 6.75. The number of likely N-dealkylation sites (tertiary alicyclic amines) is 2. The van der Waals surface area contributed by atoms with Crippen LogP contribution < -0.4 is 5.32 Å². The van der Waals surface area contributed by atoms with Crippen molar-refractivity contribution in [1.82, 2.24) is 15.1 Å². The summed E-state index contributed by atoms with van der Waals surface area (Å²) in [7, 11) is 4.50. The van der Waals surface area contributed by atoms with Crippen LogP contribution in [0.15, 0.2) is 0 Å². The summed E-state index contributed by atoms with van der Waals surface area (Å²) in [6.45, 7) is 9.85. The van der Waals surface area contributed by atoms with Gasteiger partial charge in [0, 0.05) is 25.2 Å². The Morgan fingerprint density at radius 3 is 2.44 bits per heavy atom. The third kappa shape index (κ3) is 3.69. The Kier molecular flexibility index (Phi) is 5.05. The van der Waals surface area contributed by atoms with Gasteiger partial charge in [0.2, 0.25) is 0 Å². The standard InChI is InChI=1S/C15H31N3/c1-12-10-18(4)9-7-15(12)16-13(2)14-6-5-8-17(3)11-14/h12-16H,5-11H2,1-4H3. The van der Waals surface area contributed by atoms with Gasteiger partial charge in [0.25, 0.3) is 0 Å². The lowest BCUT2D eigenvalue weighted by atomic mass is 9.88. The van der Waals surface area contributed by atoms with Gasteiger partial charge in [-0.3, -0.25) is 0 Å². The molecule has 0 saturated carbocycles. The molecule has 1 N–H and O–H groups in total. The molecule has 0 spiro atoms. The van der Waals surface area contributed by atoms with Gasteiger partial charge in [-0.15, -0.1) is 0 Å². The van der Waals surface area contributed by atoms with E-state index < -0.39 is 0 Å². The van der Waals surface area contributed by atoms with Gasteiger partial charge in [0.05, 0.1) is 0 Å². The van der Waals surface area contributed by atoms with Crippen LogP contribution in [0.5, 0.6) is 0 Å². The van der Waals surface area contributed by atoms with Crippen molar-refractivity contribution >= 4 is 0 Å². The molecule has 0 aliphatic carbocycles. The molecule has 0 amide bonds. The quantitative estimate of drug-likeness (QED) is 0.825. The van der Waals surface area contributed by atoms with E-state index in [0.29, 0.717) is 6.04 Å². The van der Waals surface area contributed by atoms with Crippen LogP contribution >= 0.6 is 0 Å². The summed E-state index contributed by atoms with van der Waals surface area (Å²) < 4.78 is 0. The predicted octanol–water partition coefficient (Wildman–Crippen LogP) is 1.65. The zero-order valence-corrected chi connectivity index (χ0v) is 12.7. The Balaban J connectivity index is 1.81. The third-order valence-electron chi connectivity index (χ3n) is 4.95. The van der Waals surface area contributed by atoms with Crippen LogP contribution in [0.1, 0.15) is 33.1 Å². The first kappa shape index (κ1) is 14.3. The Bertz CT molecular complexity index is 256. The molecule has 2 saturated heterocycles. The van der Waals surface area contributed by atoms with Gasteiger partial charge in [-0.05, 0) is 65.2 Å². The molecule has 2 rings (SSSR count). The first-order chi connectivity index (χ1) is 8.56. The molecule has 0 aromatic heterocycles. The highest BCUT2D eigenvalue weighted by molar-refractivity contribution is 4.87. The molecule has 0 bridgehead atoms. The summed E-state index contributed by atoms with van der Waals surface area (Å²) in [4.78, 5) is 4.95. The van der Waals surface area contributed by atoms with Crippen molar-refractivity contribution in [3.8, 4) is 0 Å². The predicted molar refractivity (Wildman–Crippen MR) is 77.9 cm³/mol. The molecule has 2 fully saturated rings. The summed E-state index contributed by atoms with van der Waals surface area (Å²) in [5, 5.41) is 3.93. The molecule has 0 radical (unpaired) electrons. The summed E-state index contributed by atoms with van der Waals surface area (Å²) in [6, 6.07) is 1.40. The Morgan fingerprint density at radius 1 is 1.06 bits per heavy atom. The van der Waals surface area contributed by atoms with E-state index >= 15 is 0 Å². The van der Waals surface area contributed by atoms with Crippen molar-refractivity contribution in [2.75, 3.05) is 40.3 Å². The highest BCUT2D eigenvalue weighted by Crippen LogP contribution is 2.22. The molecule has 0 aromatic rings. The van der Waals surface area contributed by atoms with Gasteiger partial charge >= 0.3 is 0 Å². The van der Waals surface area contributed by atoms with Gasteiger partial charge in [-0.25, -0.2) is 0 Å². The molecular formula is C15H31N3. The van der Waals surface area contributed by atoms with Crippen molar-refractivity contribution in [3.05, 3.63) is 0 Å². The van der Waals surface area contributed by atoms with Crippen molar-refractivity contribution in [2.24, 2.45) is 11.8 Å². The van der Waals surface area contributed by atoms with Crippen molar-refractivity contribution in [2.45, 2.75) is 45.2 Å². The van der Waals surface area contributed by atoms with Crippen LogP contribution in [0.4, 0.5) is 0 Å². The van der Waals surface area contributed by atoms with Gasteiger partial charge in [-0.1, -0.05) is 6.92 Å². The van der Waals surface area contributed by atoms with Gasteiger partial charge in [0.15, 0.2) is 0 Å². The molecule has 2 aliphatic heterocycles. The molecule has 4 atom stereocenters. The zero-order valence-electron chi connectivity index (χ0n) is 12.7. The van der Waals surface area contributed by atoms with Crippen LogP contribution in [0.25, 0.3) is 0 Å². The SMILES string of the molecule is CC1CN(C)CCC1NC(C)C1CCCN(C)C1. The number of nitrogens with zero attached hydrogens (tertiary/aromatic N) is 2. The summed E-state index contributed by atoms with van der Waals surface area (Å²) in [5.74, 6) is 1.63. The molecule has 0 aromatic carbocycles. The van der Waals surface area contributed by atoms with Crippen LogP contribution in [0, 0.1) is 11.8 Å². The van der Waals surface area contributed by atoms with E-state index in [9.17, 15) is 0 Å². The van der Waals surface area contributed by atoms with Crippen LogP contribution in [-0.2, 0) is 0 Å². The minimum absolute atomic E-state index is 0.670. The molecular weight excluding hydrogens is 222 g/mol. The molecule has 18 heavy (non-hydrogen) atoms. The van der Waals surface area contributed by atoms with Gasteiger partial charge in [0.1, 0.15) is 0 Å². The van der Waals surface area contributed by atoms with E-state index in [4.69, 9.17) is 0 Å². The number of hydrogen-bond donors (Lipinski definition) is 1. The molecule has 3 heteroatoms. The minimum Gasteiger partial charge on any atom is -0.311 e. The largest absolute Gasteiger partial charge is 0.311 e. The molecule has 2 aliphatic rings. The van der Waals surface area contributed by atoms with Gasteiger partial charge in [-0.2, -0.15) is 0 Å². The fraction of sp³-hybridized carbons (Fsp3) is 1.00. The number of rotatable bonds is 3. The average Bonchev–Trinajstić information content (AvgIpc) is 2.32. The average molecular weight is 253 g/mol. The first-order valence-electron chi connectivity index (χ1n) is 7.69. The smallest absolute Gasteiger partial charge is 0.0120 e. The number of nitrogens with one attached hydrogen (secondary N) is 1. The van der Waals surface area contributed by atoms with Crippen molar-refractivity contribution < 1.29 is 0 Å². The van der Waals surface area contributed by atoms with E-state index in [2.05, 4.69) is 43.1 Å². The zero-order chi connectivity index (χ0) is 13.1. The fourth-order valence-corrected chi connectivity index (χ4v) is 3.69. The van der Waals surface area contributed by atoms with E-state index in [1.165, 1.54) is 45.4 Å². The molecule has 3 nitrogen and oxygen atoms in total. The fourth-order valence-electron chi connectivity index (χ4n) is 3.69. The van der Waals surface area contributed by atoms with E-state index in [1.54, 1.807) is 0 Å². The maximum atomic E-state index is 3.93. The number of hydrogen-bond acceptors (Lipinski definition) is 3. The number of piperidine rings is 2. The highest BCUT2D eigenvalue weighted by Gasteiger charge is 2.29. The minimum atomic E-state index is 0.670. The van der Waals surface area contributed by atoms with Crippen LogP contribution in [-0.4, -0.2) is 62.2 Å². The first-order valence-corrected chi connectivity index (χ1v) is 7.69. The molecule has 2 heterocycles. The Hall–Kier alpha value is -0.120. The monoisotopic (exact) mass is 253 g/mol. The molecule has 4 unspecified atom stereocenters. The summed E-state index contributed by atoms with van der Waals surface area (Å²) >= 11 is 0. The molecule has 106 valence electrons. The Morgan fingerprint density at radius 2 is 1.78 bits per heavy atom. The van der Waals surface area contributed by atoms with Crippen LogP contribution in [0.2, 0.25) is 0 Å². The van der Waals surface area contributed by atoms with Crippen molar-refractivity contribution in [1.29, 1.82) is 0 Å². The second-order valence-electron chi connectivity index (χ2n) is 6.75. The highest BCUT2D eigenvalue weighted by atomic mass is 15.1. The summed E-state index contributed by atoms with van der Waals surface area (Å²) in [5.41, 5.74) is 0. The maximum Gasteiger partial charge on any atom is 0.0120 e. The lowest BCUT2D eigenvalue weighted by Gasteiger charge is -2.40. The lowest BCUT2D eigenvalue weighted by Crippen LogP contribution is -2.53. The third-order valence-corrected chi connectivity index (χ3v) is 4.95. The van der Waals surface area contributed by atoms with Crippen molar-refractivity contribution in [3.63, 3.8) is 0 Å².